The SMILES string of the molecule is CCOC(=O)CC1CCC(NC(=NCc2ccc(F)cc2Cl)NC(=O)c2ccc(F)c(S(C)(=O)=O)c2)CC1. The second-order valence-electron chi connectivity index (χ2n) is 9.14. The van der Waals surface area contributed by atoms with Crippen LogP contribution < -0.4 is 10.6 Å². The molecular weight excluding hydrogens is 540 g/mol. The first kappa shape index (κ1) is 29.5. The fourth-order valence-electron chi connectivity index (χ4n) is 4.20. The Balaban J connectivity index is 1.76. The van der Waals surface area contributed by atoms with Crippen molar-refractivity contribution < 1.29 is 31.5 Å². The van der Waals surface area contributed by atoms with E-state index in [9.17, 15) is 26.8 Å². The number of sulfone groups is 1. The van der Waals surface area contributed by atoms with Crippen LogP contribution in [0.2, 0.25) is 5.02 Å². The highest BCUT2D eigenvalue weighted by Gasteiger charge is 2.25. The average molecular weight is 570 g/mol. The molecule has 0 saturated heterocycles. The molecule has 1 aliphatic carbocycles. The Bertz CT molecular complexity index is 1310. The first-order valence-corrected chi connectivity index (χ1v) is 14.4. The highest BCUT2D eigenvalue weighted by Crippen LogP contribution is 2.27. The van der Waals surface area contributed by atoms with Gasteiger partial charge in [0.2, 0.25) is 0 Å². The van der Waals surface area contributed by atoms with E-state index in [1.807, 2.05) is 0 Å². The molecule has 2 aromatic rings. The lowest BCUT2D eigenvalue weighted by atomic mass is 9.84. The lowest BCUT2D eigenvalue weighted by molar-refractivity contribution is -0.144. The summed E-state index contributed by atoms with van der Waals surface area (Å²) >= 11 is 6.11. The number of carbonyl (C=O) groups excluding carboxylic acids is 2. The van der Waals surface area contributed by atoms with Crippen LogP contribution in [0.5, 0.6) is 0 Å². The van der Waals surface area contributed by atoms with Gasteiger partial charge in [0, 0.05) is 29.3 Å². The molecule has 1 saturated carbocycles. The molecule has 3 rings (SSSR count). The monoisotopic (exact) mass is 569 g/mol. The second-order valence-corrected chi connectivity index (χ2v) is 11.5. The minimum Gasteiger partial charge on any atom is -0.466 e. The zero-order valence-corrected chi connectivity index (χ0v) is 22.7. The van der Waals surface area contributed by atoms with E-state index in [1.54, 1.807) is 6.92 Å². The minimum atomic E-state index is -3.89. The van der Waals surface area contributed by atoms with Crippen LogP contribution in [-0.2, 0) is 25.9 Å². The summed E-state index contributed by atoms with van der Waals surface area (Å²) in [6.45, 7) is 2.13. The van der Waals surface area contributed by atoms with Crippen molar-refractivity contribution in [2.45, 2.75) is 56.5 Å². The van der Waals surface area contributed by atoms with Crippen molar-refractivity contribution in [2.75, 3.05) is 12.9 Å². The van der Waals surface area contributed by atoms with Crippen LogP contribution in [0.3, 0.4) is 0 Å². The maximum Gasteiger partial charge on any atom is 0.306 e. The smallest absolute Gasteiger partial charge is 0.306 e. The van der Waals surface area contributed by atoms with Crippen molar-refractivity contribution in [3.63, 3.8) is 0 Å². The Kier molecular flexibility index (Phi) is 10.2. The molecule has 0 atom stereocenters. The van der Waals surface area contributed by atoms with E-state index < -0.39 is 32.3 Å². The van der Waals surface area contributed by atoms with Gasteiger partial charge in [-0.15, -0.1) is 0 Å². The molecule has 2 N–H and O–H groups in total. The number of ether oxygens (including phenoxy) is 1. The molecule has 38 heavy (non-hydrogen) atoms. The lowest BCUT2D eigenvalue weighted by Gasteiger charge is -2.29. The normalized spacial score (nSPS) is 18.1. The van der Waals surface area contributed by atoms with Crippen LogP contribution in [0.4, 0.5) is 8.78 Å². The van der Waals surface area contributed by atoms with Crippen LogP contribution >= 0.6 is 11.6 Å². The van der Waals surface area contributed by atoms with Crippen LogP contribution in [-0.4, -0.2) is 45.2 Å². The number of amides is 1. The number of aliphatic imine (C=N–C) groups is 1. The Morgan fingerprint density at radius 1 is 1.11 bits per heavy atom. The third-order valence-electron chi connectivity index (χ3n) is 6.20. The summed E-state index contributed by atoms with van der Waals surface area (Å²) in [5.74, 6) is -2.05. The van der Waals surface area contributed by atoms with E-state index in [0.29, 0.717) is 31.4 Å². The number of nitrogens with one attached hydrogen (secondary N) is 2. The average Bonchev–Trinajstić information content (AvgIpc) is 2.84. The Labute approximate surface area is 225 Å². The predicted octanol–water partition coefficient (Wildman–Crippen LogP) is 4.41. The van der Waals surface area contributed by atoms with Crippen molar-refractivity contribution in [3.05, 3.63) is 64.2 Å². The third-order valence-corrected chi connectivity index (χ3v) is 7.66. The van der Waals surface area contributed by atoms with E-state index in [1.165, 1.54) is 18.2 Å². The van der Waals surface area contributed by atoms with Crippen molar-refractivity contribution in [1.82, 2.24) is 10.6 Å². The van der Waals surface area contributed by atoms with Crippen molar-refractivity contribution in [3.8, 4) is 0 Å². The maximum atomic E-state index is 14.0. The molecule has 1 amide bonds. The van der Waals surface area contributed by atoms with E-state index in [0.717, 1.165) is 37.3 Å². The summed E-state index contributed by atoms with van der Waals surface area (Å²) in [6, 6.07) is 6.89. The van der Waals surface area contributed by atoms with Gasteiger partial charge in [0.05, 0.1) is 13.2 Å². The van der Waals surface area contributed by atoms with Crippen LogP contribution in [0.25, 0.3) is 0 Å². The van der Waals surface area contributed by atoms with Gasteiger partial charge in [0.25, 0.3) is 5.91 Å². The molecular formula is C26H30ClF2N3O5S. The largest absolute Gasteiger partial charge is 0.466 e. The molecule has 1 fully saturated rings. The number of benzene rings is 2. The zero-order valence-electron chi connectivity index (χ0n) is 21.1. The van der Waals surface area contributed by atoms with Gasteiger partial charge in [-0.2, -0.15) is 0 Å². The molecule has 0 aliphatic heterocycles. The van der Waals surface area contributed by atoms with E-state index in [2.05, 4.69) is 15.6 Å². The van der Waals surface area contributed by atoms with Gasteiger partial charge < -0.3 is 10.1 Å². The molecule has 0 heterocycles. The number of nitrogens with zero attached hydrogens (tertiary/aromatic N) is 1. The summed E-state index contributed by atoms with van der Waals surface area (Å²) in [5, 5.41) is 6.01. The Morgan fingerprint density at radius 2 is 1.82 bits per heavy atom. The second kappa shape index (κ2) is 13.1. The molecule has 0 spiro atoms. The van der Waals surface area contributed by atoms with E-state index >= 15 is 0 Å². The van der Waals surface area contributed by atoms with E-state index in [-0.39, 0.29) is 41.0 Å². The molecule has 12 heteroatoms. The summed E-state index contributed by atoms with van der Waals surface area (Å²) in [7, 11) is -3.89. The van der Waals surface area contributed by atoms with Crippen LogP contribution in [0.1, 0.15) is 54.9 Å². The topological polar surface area (TPSA) is 114 Å². The van der Waals surface area contributed by atoms with Gasteiger partial charge >= 0.3 is 5.97 Å². The molecule has 8 nitrogen and oxygen atoms in total. The maximum absolute atomic E-state index is 14.0. The number of rotatable bonds is 8. The summed E-state index contributed by atoms with van der Waals surface area (Å²) in [5.41, 5.74) is 0.459. The number of carbonyl (C=O) groups is 2. The first-order chi connectivity index (χ1) is 18.0. The van der Waals surface area contributed by atoms with Gasteiger partial charge in [-0.3, -0.25) is 14.9 Å². The number of guanidine groups is 1. The Hall–Kier alpha value is -3.05. The summed E-state index contributed by atoms with van der Waals surface area (Å²) in [6.07, 6.45) is 4.19. The van der Waals surface area contributed by atoms with E-state index in [4.69, 9.17) is 16.3 Å². The van der Waals surface area contributed by atoms with Crippen LogP contribution in [0.15, 0.2) is 46.3 Å². The van der Waals surface area contributed by atoms with Gasteiger partial charge in [0.15, 0.2) is 15.8 Å². The molecule has 0 radical (unpaired) electrons. The van der Waals surface area contributed by atoms with Crippen LogP contribution in [0, 0.1) is 17.6 Å². The molecule has 206 valence electrons. The summed E-state index contributed by atoms with van der Waals surface area (Å²) < 4.78 is 56.2. The Morgan fingerprint density at radius 3 is 2.45 bits per heavy atom. The van der Waals surface area contributed by atoms with Gasteiger partial charge in [0.1, 0.15) is 16.5 Å². The fraction of sp³-hybridized carbons (Fsp3) is 0.423. The molecule has 0 bridgehead atoms. The molecule has 0 aromatic heterocycles. The van der Waals surface area contributed by atoms with Gasteiger partial charge in [-0.25, -0.2) is 22.2 Å². The minimum absolute atomic E-state index is 0.0257. The zero-order chi connectivity index (χ0) is 27.9. The number of hydrogen-bond acceptors (Lipinski definition) is 6. The first-order valence-electron chi connectivity index (χ1n) is 12.2. The molecule has 2 aromatic carbocycles. The highest BCUT2D eigenvalue weighted by molar-refractivity contribution is 7.90. The fourth-order valence-corrected chi connectivity index (χ4v) is 5.19. The van der Waals surface area contributed by atoms with Crippen molar-refractivity contribution in [2.24, 2.45) is 10.9 Å². The highest BCUT2D eigenvalue weighted by atomic mass is 35.5. The number of esters is 1. The predicted molar refractivity (Wildman–Crippen MR) is 140 cm³/mol. The van der Waals surface area contributed by atoms with Gasteiger partial charge in [-0.1, -0.05) is 17.7 Å². The molecule has 1 aliphatic rings. The standard InChI is InChI=1S/C26H30ClF2N3O5S/c1-3-37-24(33)12-16-4-9-20(10-5-16)31-26(30-15-18-6-8-19(28)14-21(18)27)32-25(34)17-7-11-22(29)23(13-17)38(2,35)36/h6-8,11,13-14,16,20H,3-5,9-10,12,15H2,1-2H3,(H2,30,31,32,34). The van der Waals surface area contributed by atoms with Crippen molar-refractivity contribution >= 4 is 39.3 Å². The number of hydrogen-bond donors (Lipinski definition) is 2. The van der Waals surface area contributed by atoms with Gasteiger partial charge in [-0.05, 0) is 74.4 Å². The lowest BCUT2D eigenvalue weighted by Crippen LogP contribution is -2.47. The number of halogens is 3. The third kappa shape index (κ3) is 8.49. The quantitative estimate of drug-likeness (QED) is 0.277. The van der Waals surface area contributed by atoms with Crippen molar-refractivity contribution in [1.29, 1.82) is 0 Å². The molecule has 0 unspecified atom stereocenters. The summed E-state index contributed by atoms with van der Waals surface area (Å²) in [4.78, 5) is 28.6.